The number of hydrogen-bond acceptors (Lipinski definition) is 3. The Morgan fingerprint density at radius 3 is 2.42 bits per heavy atom. The van der Waals surface area contributed by atoms with Gasteiger partial charge in [-0.05, 0) is 42.3 Å². The molecule has 0 aliphatic rings. The standard InChI is InChI=1S/C20H26FN3O2/c1-4-22-20(23-13-19(25)16-7-9-17(21)10-8-16)24(2)14-15-5-11-18(26-3)12-6-15/h5-12,19,25H,4,13-14H2,1-3H3,(H,22,23). The van der Waals surface area contributed by atoms with Gasteiger partial charge in [-0.15, -0.1) is 0 Å². The molecule has 0 spiro atoms. The fraction of sp³-hybridized carbons (Fsp3) is 0.350. The molecule has 2 rings (SSSR count). The highest BCUT2D eigenvalue weighted by Gasteiger charge is 2.10. The quantitative estimate of drug-likeness (QED) is 0.589. The molecule has 0 heterocycles. The summed E-state index contributed by atoms with van der Waals surface area (Å²) in [6.07, 6.45) is -0.779. The maximum Gasteiger partial charge on any atom is 0.194 e. The third-order valence-electron chi connectivity index (χ3n) is 3.94. The van der Waals surface area contributed by atoms with Crippen molar-refractivity contribution in [3.63, 3.8) is 0 Å². The smallest absolute Gasteiger partial charge is 0.194 e. The summed E-state index contributed by atoms with van der Waals surface area (Å²) in [5, 5.41) is 13.5. The molecule has 0 aromatic heterocycles. The van der Waals surface area contributed by atoms with E-state index in [1.54, 1.807) is 19.2 Å². The molecule has 0 bridgehead atoms. The summed E-state index contributed by atoms with van der Waals surface area (Å²) in [5.74, 6) is 1.20. The number of methoxy groups -OCH3 is 1. The van der Waals surface area contributed by atoms with E-state index in [2.05, 4.69) is 10.3 Å². The van der Waals surface area contributed by atoms with Gasteiger partial charge in [0, 0.05) is 20.1 Å². The van der Waals surface area contributed by atoms with Gasteiger partial charge in [0.05, 0.1) is 19.8 Å². The highest BCUT2D eigenvalue weighted by atomic mass is 19.1. The van der Waals surface area contributed by atoms with E-state index in [0.717, 1.165) is 17.9 Å². The maximum absolute atomic E-state index is 13.0. The second-order valence-corrected chi connectivity index (χ2v) is 5.97. The van der Waals surface area contributed by atoms with Gasteiger partial charge in [-0.3, -0.25) is 4.99 Å². The zero-order valence-corrected chi connectivity index (χ0v) is 15.4. The molecular formula is C20H26FN3O2. The number of aliphatic hydroxyl groups excluding tert-OH is 1. The van der Waals surface area contributed by atoms with Gasteiger partial charge in [0.2, 0.25) is 0 Å². The van der Waals surface area contributed by atoms with Crippen LogP contribution in [0.5, 0.6) is 5.75 Å². The van der Waals surface area contributed by atoms with Crippen molar-refractivity contribution in [1.29, 1.82) is 0 Å². The molecule has 26 heavy (non-hydrogen) atoms. The van der Waals surface area contributed by atoms with E-state index in [0.29, 0.717) is 18.1 Å². The Labute approximate surface area is 154 Å². The SMILES string of the molecule is CCNC(=NCC(O)c1ccc(F)cc1)N(C)Cc1ccc(OC)cc1. The number of aliphatic hydroxyl groups is 1. The van der Waals surface area contributed by atoms with E-state index < -0.39 is 6.10 Å². The van der Waals surface area contributed by atoms with Crippen LogP contribution in [0.1, 0.15) is 24.2 Å². The Hall–Kier alpha value is -2.60. The Kier molecular flexibility index (Phi) is 7.41. The summed E-state index contributed by atoms with van der Waals surface area (Å²) >= 11 is 0. The summed E-state index contributed by atoms with van der Waals surface area (Å²) in [7, 11) is 3.58. The lowest BCUT2D eigenvalue weighted by atomic mass is 10.1. The molecule has 2 aromatic rings. The fourth-order valence-corrected chi connectivity index (χ4v) is 2.51. The fourth-order valence-electron chi connectivity index (χ4n) is 2.51. The molecule has 140 valence electrons. The number of halogens is 1. The third-order valence-corrected chi connectivity index (χ3v) is 3.94. The molecule has 5 nitrogen and oxygen atoms in total. The molecule has 2 aromatic carbocycles. The second-order valence-electron chi connectivity index (χ2n) is 5.97. The number of guanidine groups is 1. The van der Waals surface area contributed by atoms with Crippen LogP contribution >= 0.6 is 0 Å². The van der Waals surface area contributed by atoms with Crippen LogP contribution in [0.15, 0.2) is 53.5 Å². The van der Waals surface area contributed by atoms with E-state index in [-0.39, 0.29) is 12.4 Å². The van der Waals surface area contributed by atoms with Crippen molar-refractivity contribution < 1.29 is 14.2 Å². The molecule has 0 radical (unpaired) electrons. The number of nitrogens with zero attached hydrogens (tertiary/aromatic N) is 2. The van der Waals surface area contributed by atoms with Crippen LogP contribution in [0.3, 0.4) is 0 Å². The normalized spacial score (nSPS) is 12.6. The van der Waals surface area contributed by atoms with Crippen LogP contribution in [-0.4, -0.2) is 43.2 Å². The van der Waals surface area contributed by atoms with E-state index >= 15 is 0 Å². The molecule has 0 amide bonds. The van der Waals surface area contributed by atoms with Gasteiger partial charge < -0.3 is 20.1 Å². The molecule has 0 aliphatic heterocycles. The Morgan fingerprint density at radius 1 is 1.19 bits per heavy atom. The van der Waals surface area contributed by atoms with Crippen molar-refractivity contribution in [2.75, 3.05) is 27.2 Å². The van der Waals surface area contributed by atoms with Crippen LogP contribution < -0.4 is 10.1 Å². The van der Waals surface area contributed by atoms with Crippen LogP contribution in [0.4, 0.5) is 4.39 Å². The number of benzene rings is 2. The number of nitrogens with one attached hydrogen (secondary N) is 1. The predicted molar refractivity (Wildman–Crippen MR) is 102 cm³/mol. The highest BCUT2D eigenvalue weighted by molar-refractivity contribution is 5.79. The zero-order chi connectivity index (χ0) is 18.9. The zero-order valence-electron chi connectivity index (χ0n) is 15.4. The lowest BCUT2D eigenvalue weighted by Crippen LogP contribution is -2.38. The first-order chi connectivity index (χ1) is 12.5. The Bertz CT molecular complexity index is 702. The van der Waals surface area contributed by atoms with Crippen LogP contribution in [-0.2, 0) is 6.54 Å². The van der Waals surface area contributed by atoms with Gasteiger partial charge in [0.1, 0.15) is 11.6 Å². The number of hydrogen-bond donors (Lipinski definition) is 2. The molecule has 0 saturated carbocycles. The molecule has 1 atom stereocenters. The van der Waals surface area contributed by atoms with Crippen molar-refractivity contribution in [2.45, 2.75) is 19.6 Å². The summed E-state index contributed by atoms with van der Waals surface area (Å²) in [6.45, 7) is 3.58. The molecule has 2 N–H and O–H groups in total. The van der Waals surface area contributed by atoms with Gasteiger partial charge in [-0.2, -0.15) is 0 Å². The highest BCUT2D eigenvalue weighted by Crippen LogP contribution is 2.15. The molecule has 6 heteroatoms. The summed E-state index contributed by atoms with van der Waals surface area (Å²) in [6, 6.07) is 13.7. The maximum atomic E-state index is 13.0. The number of aliphatic imine (C=N–C) groups is 1. The van der Waals surface area contributed by atoms with Crippen LogP contribution in [0.2, 0.25) is 0 Å². The summed E-state index contributed by atoms with van der Waals surface area (Å²) in [4.78, 5) is 6.49. The predicted octanol–water partition coefficient (Wildman–Crippen LogP) is 2.97. The minimum atomic E-state index is -0.779. The first kappa shape index (κ1) is 19.7. The van der Waals surface area contributed by atoms with E-state index in [1.807, 2.05) is 43.1 Å². The Balaban J connectivity index is 2.02. The molecule has 0 aliphatic carbocycles. The van der Waals surface area contributed by atoms with E-state index in [4.69, 9.17) is 4.74 Å². The van der Waals surface area contributed by atoms with Gasteiger partial charge in [-0.1, -0.05) is 24.3 Å². The van der Waals surface area contributed by atoms with Gasteiger partial charge in [0.25, 0.3) is 0 Å². The molecular weight excluding hydrogens is 333 g/mol. The minimum Gasteiger partial charge on any atom is -0.497 e. The summed E-state index contributed by atoms with van der Waals surface area (Å²) < 4.78 is 18.2. The first-order valence-corrected chi connectivity index (χ1v) is 8.59. The Morgan fingerprint density at radius 2 is 1.85 bits per heavy atom. The van der Waals surface area contributed by atoms with Crippen molar-refractivity contribution >= 4 is 5.96 Å². The second kappa shape index (κ2) is 9.77. The first-order valence-electron chi connectivity index (χ1n) is 8.59. The lowest BCUT2D eigenvalue weighted by Gasteiger charge is -2.23. The van der Waals surface area contributed by atoms with Crippen molar-refractivity contribution in [3.05, 3.63) is 65.5 Å². The summed E-state index contributed by atoms with van der Waals surface area (Å²) in [5.41, 5.74) is 1.77. The van der Waals surface area contributed by atoms with Gasteiger partial charge in [-0.25, -0.2) is 4.39 Å². The number of rotatable bonds is 7. The van der Waals surface area contributed by atoms with Crippen molar-refractivity contribution in [1.82, 2.24) is 10.2 Å². The van der Waals surface area contributed by atoms with Crippen molar-refractivity contribution in [3.8, 4) is 5.75 Å². The van der Waals surface area contributed by atoms with Gasteiger partial charge in [0.15, 0.2) is 5.96 Å². The number of ether oxygens (including phenoxy) is 1. The largest absolute Gasteiger partial charge is 0.497 e. The minimum absolute atomic E-state index is 0.195. The third kappa shape index (κ3) is 5.74. The van der Waals surface area contributed by atoms with Crippen molar-refractivity contribution in [2.24, 2.45) is 4.99 Å². The average Bonchev–Trinajstić information content (AvgIpc) is 2.66. The lowest BCUT2D eigenvalue weighted by molar-refractivity contribution is 0.186. The van der Waals surface area contributed by atoms with E-state index in [9.17, 15) is 9.50 Å². The molecule has 0 fully saturated rings. The molecule has 0 saturated heterocycles. The van der Waals surface area contributed by atoms with E-state index in [1.165, 1.54) is 12.1 Å². The van der Waals surface area contributed by atoms with Gasteiger partial charge >= 0.3 is 0 Å². The average molecular weight is 359 g/mol. The monoisotopic (exact) mass is 359 g/mol. The topological polar surface area (TPSA) is 57.1 Å². The van der Waals surface area contributed by atoms with Crippen LogP contribution in [0, 0.1) is 5.82 Å². The molecule has 1 unspecified atom stereocenters. The van der Waals surface area contributed by atoms with Crippen LogP contribution in [0.25, 0.3) is 0 Å².